The summed E-state index contributed by atoms with van der Waals surface area (Å²) >= 11 is 6.06. The monoisotopic (exact) mass is 412 g/mol. The number of nitrogens with zero attached hydrogens (tertiary/aromatic N) is 3. The first-order valence-electron chi connectivity index (χ1n) is 8.11. The largest absolute Gasteiger partial charge is 0.480 e. The molecule has 6 nitrogen and oxygen atoms in total. The van der Waals surface area contributed by atoms with Crippen molar-refractivity contribution in [2.45, 2.75) is 20.0 Å². The summed E-state index contributed by atoms with van der Waals surface area (Å²) in [6, 6.07) is 7.95. The van der Waals surface area contributed by atoms with E-state index in [0.717, 1.165) is 13.8 Å². The Bertz CT molecular complexity index is 1050. The fourth-order valence-corrected chi connectivity index (χ4v) is 2.46. The Morgan fingerprint density at radius 1 is 1.21 bits per heavy atom. The SMILES string of the molecule is COc1ccc2nc(-c3ccc(Cl)c(NC(=O)C(C)(C)C(F)(F)F)c3)cn2n1. The number of anilines is 1. The molecule has 0 saturated carbocycles. The summed E-state index contributed by atoms with van der Waals surface area (Å²) in [6.45, 7) is 1.61. The van der Waals surface area contributed by atoms with Crippen LogP contribution in [0, 0.1) is 5.41 Å². The molecule has 3 rings (SSSR count). The van der Waals surface area contributed by atoms with Crippen LogP contribution in [0.5, 0.6) is 5.88 Å². The number of amides is 1. The number of imidazole rings is 1. The molecule has 1 amide bonds. The summed E-state index contributed by atoms with van der Waals surface area (Å²) < 4.78 is 45.8. The molecule has 0 bridgehead atoms. The number of nitrogens with one attached hydrogen (secondary N) is 1. The van der Waals surface area contributed by atoms with Crippen LogP contribution in [0.25, 0.3) is 16.9 Å². The van der Waals surface area contributed by atoms with Gasteiger partial charge in [0.25, 0.3) is 0 Å². The molecule has 28 heavy (non-hydrogen) atoms. The van der Waals surface area contributed by atoms with Gasteiger partial charge in [-0.1, -0.05) is 17.7 Å². The molecular weight excluding hydrogens is 397 g/mol. The Labute approximate surface area is 163 Å². The number of benzene rings is 1. The van der Waals surface area contributed by atoms with Crippen molar-refractivity contribution >= 4 is 28.8 Å². The van der Waals surface area contributed by atoms with Crippen LogP contribution < -0.4 is 10.1 Å². The lowest BCUT2D eigenvalue weighted by Crippen LogP contribution is -2.43. The van der Waals surface area contributed by atoms with Gasteiger partial charge < -0.3 is 10.1 Å². The van der Waals surface area contributed by atoms with Crippen molar-refractivity contribution in [3.05, 3.63) is 41.6 Å². The quantitative estimate of drug-likeness (QED) is 0.680. The van der Waals surface area contributed by atoms with Crippen LogP contribution in [-0.2, 0) is 4.79 Å². The van der Waals surface area contributed by atoms with Gasteiger partial charge in [0.15, 0.2) is 5.65 Å². The Hall–Kier alpha value is -2.81. The zero-order valence-corrected chi connectivity index (χ0v) is 15.9. The number of carbonyl (C=O) groups is 1. The third-order valence-corrected chi connectivity index (χ3v) is 4.62. The van der Waals surface area contributed by atoms with Crippen molar-refractivity contribution in [1.29, 1.82) is 0 Å². The summed E-state index contributed by atoms with van der Waals surface area (Å²) in [5, 5.41) is 6.57. The second-order valence-electron chi connectivity index (χ2n) is 6.58. The molecule has 0 fully saturated rings. The minimum Gasteiger partial charge on any atom is -0.480 e. The van der Waals surface area contributed by atoms with E-state index < -0.39 is 17.5 Å². The van der Waals surface area contributed by atoms with E-state index in [1.54, 1.807) is 24.4 Å². The number of ether oxygens (including phenoxy) is 1. The van der Waals surface area contributed by atoms with Crippen molar-refractivity contribution in [2.75, 3.05) is 12.4 Å². The minimum atomic E-state index is -4.70. The summed E-state index contributed by atoms with van der Waals surface area (Å²) in [5.74, 6) is -0.810. The predicted molar refractivity (Wildman–Crippen MR) is 98.5 cm³/mol. The molecule has 3 aromatic rings. The van der Waals surface area contributed by atoms with Crippen molar-refractivity contribution < 1.29 is 22.7 Å². The number of alkyl halides is 3. The van der Waals surface area contributed by atoms with Gasteiger partial charge in [0, 0.05) is 11.6 Å². The molecule has 1 aromatic carbocycles. The lowest BCUT2D eigenvalue weighted by molar-refractivity contribution is -0.208. The van der Waals surface area contributed by atoms with Gasteiger partial charge in [-0.15, -0.1) is 5.10 Å². The second-order valence-corrected chi connectivity index (χ2v) is 6.98. The summed E-state index contributed by atoms with van der Waals surface area (Å²) in [5.41, 5.74) is -0.911. The third kappa shape index (κ3) is 3.62. The van der Waals surface area contributed by atoms with Crippen LogP contribution in [0.1, 0.15) is 13.8 Å². The highest BCUT2D eigenvalue weighted by atomic mass is 35.5. The number of hydrogen-bond acceptors (Lipinski definition) is 4. The molecule has 10 heteroatoms. The lowest BCUT2D eigenvalue weighted by Gasteiger charge is -2.26. The molecule has 1 N–H and O–H groups in total. The van der Waals surface area contributed by atoms with Crippen LogP contribution in [0.3, 0.4) is 0 Å². The van der Waals surface area contributed by atoms with Gasteiger partial charge >= 0.3 is 6.18 Å². The Balaban J connectivity index is 1.95. The Kier molecular flexibility index (Phi) is 4.97. The number of halogens is 4. The smallest absolute Gasteiger partial charge is 0.402 e. The van der Waals surface area contributed by atoms with Gasteiger partial charge in [0.1, 0.15) is 5.41 Å². The van der Waals surface area contributed by atoms with Crippen LogP contribution in [-0.4, -0.2) is 33.8 Å². The Morgan fingerprint density at radius 3 is 2.57 bits per heavy atom. The van der Waals surface area contributed by atoms with Gasteiger partial charge in [0.2, 0.25) is 11.8 Å². The molecule has 0 aliphatic heterocycles. The second kappa shape index (κ2) is 6.97. The van der Waals surface area contributed by atoms with Crippen LogP contribution in [0.15, 0.2) is 36.5 Å². The van der Waals surface area contributed by atoms with Crippen molar-refractivity contribution in [1.82, 2.24) is 14.6 Å². The van der Waals surface area contributed by atoms with Crippen LogP contribution in [0.2, 0.25) is 5.02 Å². The van der Waals surface area contributed by atoms with Gasteiger partial charge in [-0.05, 0) is 32.0 Å². The zero-order valence-electron chi connectivity index (χ0n) is 15.1. The summed E-state index contributed by atoms with van der Waals surface area (Å²) in [6.07, 6.45) is -3.07. The fourth-order valence-electron chi connectivity index (χ4n) is 2.30. The molecule has 2 aromatic heterocycles. The number of rotatable bonds is 4. The van der Waals surface area contributed by atoms with Gasteiger partial charge in [-0.25, -0.2) is 9.50 Å². The number of aromatic nitrogens is 3. The maximum Gasteiger partial charge on any atom is 0.402 e. The highest BCUT2D eigenvalue weighted by Crippen LogP contribution is 2.39. The first-order chi connectivity index (χ1) is 13.0. The van der Waals surface area contributed by atoms with E-state index in [9.17, 15) is 18.0 Å². The zero-order chi connectivity index (χ0) is 20.7. The van der Waals surface area contributed by atoms with Gasteiger partial charge in [0.05, 0.1) is 29.7 Å². The first kappa shape index (κ1) is 19.9. The predicted octanol–water partition coefficient (Wildman–Crippen LogP) is 4.59. The van der Waals surface area contributed by atoms with Crippen LogP contribution >= 0.6 is 11.6 Å². The molecule has 0 saturated heterocycles. The average Bonchev–Trinajstić information content (AvgIpc) is 3.05. The molecule has 148 valence electrons. The van der Waals surface area contributed by atoms with E-state index >= 15 is 0 Å². The van der Waals surface area contributed by atoms with Crippen molar-refractivity contribution in [3.63, 3.8) is 0 Å². The molecule has 0 atom stereocenters. The topological polar surface area (TPSA) is 68.5 Å². The summed E-state index contributed by atoms with van der Waals surface area (Å²) in [4.78, 5) is 16.6. The van der Waals surface area contributed by atoms with Gasteiger partial charge in [-0.2, -0.15) is 13.2 Å². The van der Waals surface area contributed by atoms with Crippen molar-refractivity contribution in [3.8, 4) is 17.1 Å². The van der Waals surface area contributed by atoms with E-state index in [1.807, 2.05) is 0 Å². The minimum absolute atomic E-state index is 0.0593. The molecule has 0 radical (unpaired) electrons. The molecule has 0 aliphatic rings. The highest BCUT2D eigenvalue weighted by Gasteiger charge is 2.53. The van der Waals surface area contributed by atoms with E-state index in [0.29, 0.717) is 22.8 Å². The molecule has 0 aliphatic carbocycles. The summed E-state index contributed by atoms with van der Waals surface area (Å²) in [7, 11) is 1.49. The maximum absolute atomic E-state index is 13.1. The number of carbonyl (C=O) groups excluding carboxylic acids is 1. The number of hydrogen-bond donors (Lipinski definition) is 1. The van der Waals surface area contributed by atoms with E-state index in [2.05, 4.69) is 15.4 Å². The van der Waals surface area contributed by atoms with Gasteiger partial charge in [-0.3, -0.25) is 4.79 Å². The average molecular weight is 413 g/mol. The molecule has 0 spiro atoms. The van der Waals surface area contributed by atoms with Crippen LogP contribution in [0.4, 0.5) is 18.9 Å². The third-order valence-electron chi connectivity index (χ3n) is 4.29. The standard InChI is InChI=1S/C18H16ClF3N4O2/c1-17(2,18(20,21)22)16(27)24-12-8-10(4-5-11(12)19)13-9-26-14(23-13)6-7-15(25-26)28-3/h4-9H,1-3H3,(H,24,27). The fraction of sp³-hybridized carbons (Fsp3) is 0.278. The molecule has 0 unspecified atom stereocenters. The maximum atomic E-state index is 13.1. The molecular formula is C18H16ClF3N4O2. The highest BCUT2D eigenvalue weighted by molar-refractivity contribution is 6.33. The van der Waals surface area contributed by atoms with E-state index in [-0.39, 0.29) is 10.7 Å². The van der Waals surface area contributed by atoms with E-state index in [4.69, 9.17) is 16.3 Å². The lowest BCUT2D eigenvalue weighted by atomic mass is 9.91. The Morgan fingerprint density at radius 2 is 1.93 bits per heavy atom. The normalized spacial score (nSPS) is 12.2. The number of fused-ring (bicyclic) bond motifs is 1. The van der Waals surface area contributed by atoms with E-state index in [1.165, 1.54) is 23.8 Å². The first-order valence-corrected chi connectivity index (χ1v) is 8.49. The van der Waals surface area contributed by atoms with Crippen molar-refractivity contribution in [2.24, 2.45) is 5.41 Å². The number of methoxy groups -OCH3 is 1. The molecule has 2 heterocycles.